The van der Waals surface area contributed by atoms with Crippen molar-refractivity contribution >= 4 is 85.6 Å². The van der Waals surface area contributed by atoms with E-state index in [0.29, 0.717) is 17.5 Å². The highest BCUT2D eigenvalue weighted by Crippen LogP contribution is 2.46. The molecular formula is C57H34N4S. The smallest absolute Gasteiger partial charge is 0.164 e. The standard InChI is InChI=1S/C57H34N4S/c1-3-15-35(16-4-1)45-34-47(57-59-55(37-18-5-2-6-19-37)58-56(60-57)40-28-30-52-46(32-40)43-24-13-14-26-51(43)62-52)42-23-11-12-25-44(42)54(45)61-49-29-27-36-17-9-10-22-41(36)53(49)48-31-38-20-7-8-21-39(38)33-50(48)61/h1-34H. The van der Waals surface area contributed by atoms with Crippen molar-refractivity contribution in [2.45, 2.75) is 0 Å². The Morgan fingerprint density at radius 2 is 0.919 bits per heavy atom. The Labute approximate surface area is 360 Å². The first-order chi connectivity index (χ1) is 30.7. The lowest BCUT2D eigenvalue weighted by Crippen LogP contribution is -2.03. The van der Waals surface area contributed by atoms with E-state index in [1.165, 1.54) is 52.5 Å². The van der Waals surface area contributed by atoms with Crippen LogP contribution in [0.2, 0.25) is 0 Å². The van der Waals surface area contributed by atoms with Crippen molar-refractivity contribution < 1.29 is 0 Å². The summed E-state index contributed by atoms with van der Waals surface area (Å²) in [6.45, 7) is 0. The van der Waals surface area contributed by atoms with Gasteiger partial charge in [-0.25, -0.2) is 15.0 Å². The molecule has 0 fully saturated rings. The zero-order valence-electron chi connectivity index (χ0n) is 33.3. The van der Waals surface area contributed by atoms with Gasteiger partial charge in [-0.2, -0.15) is 0 Å². The third kappa shape index (κ3) is 5.42. The van der Waals surface area contributed by atoms with Crippen LogP contribution in [0.4, 0.5) is 0 Å². The highest BCUT2D eigenvalue weighted by atomic mass is 32.1. The van der Waals surface area contributed by atoms with Gasteiger partial charge in [0.15, 0.2) is 17.5 Å². The Morgan fingerprint density at radius 3 is 1.71 bits per heavy atom. The predicted molar refractivity (Wildman–Crippen MR) is 261 cm³/mol. The van der Waals surface area contributed by atoms with Crippen molar-refractivity contribution in [3.63, 3.8) is 0 Å². The van der Waals surface area contributed by atoms with E-state index in [2.05, 4.69) is 193 Å². The van der Waals surface area contributed by atoms with Gasteiger partial charge in [-0.05, 0) is 81.0 Å². The van der Waals surface area contributed by atoms with Crippen LogP contribution in [0.1, 0.15) is 0 Å². The topological polar surface area (TPSA) is 43.6 Å². The molecule has 0 radical (unpaired) electrons. The van der Waals surface area contributed by atoms with Crippen LogP contribution >= 0.6 is 11.3 Å². The van der Waals surface area contributed by atoms with Gasteiger partial charge >= 0.3 is 0 Å². The van der Waals surface area contributed by atoms with Gasteiger partial charge in [-0.1, -0.05) is 158 Å². The van der Waals surface area contributed by atoms with Crippen molar-refractivity contribution in [3.05, 3.63) is 206 Å². The minimum Gasteiger partial charge on any atom is -0.308 e. The SMILES string of the molecule is c1ccc(-c2nc(-c3ccc4sc5ccccc5c4c3)nc(-c3cc(-c4ccccc4)c(-n4c5cc6ccccc6cc5c5c6ccccc6ccc54)c4ccccc34)n2)cc1. The van der Waals surface area contributed by atoms with Crippen LogP contribution < -0.4 is 0 Å². The van der Waals surface area contributed by atoms with E-state index in [1.54, 1.807) is 0 Å². The number of aromatic nitrogens is 4. The molecule has 4 nitrogen and oxygen atoms in total. The van der Waals surface area contributed by atoms with Crippen LogP contribution in [0.25, 0.3) is 125 Å². The number of hydrogen-bond donors (Lipinski definition) is 0. The molecule has 62 heavy (non-hydrogen) atoms. The van der Waals surface area contributed by atoms with E-state index in [0.717, 1.165) is 55.3 Å². The van der Waals surface area contributed by atoms with Crippen LogP contribution in [-0.4, -0.2) is 19.5 Å². The summed E-state index contributed by atoms with van der Waals surface area (Å²) in [5.41, 5.74) is 8.48. The van der Waals surface area contributed by atoms with Gasteiger partial charge < -0.3 is 4.57 Å². The first kappa shape index (κ1) is 34.8. The molecule has 0 aliphatic carbocycles. The molecule has 0 N–H and O–H groups in total. The Kier molecular flexibility index (Phi) is 7.74. The molecule has 0 saturated carbocycles. The molecule has 0 aliphatic rings. The second kappa shape index (κ2) is 13.8. The molecule has 13 rings (SSSR count). The van der Waals surface area contributed by atoms with Gasteiger partial charge in [0.25, 0.3) is 0 Å². The van der Waals surface area contributed by atoms with Crippen LogP contribution in [0, 0.1) is 0 Å². The highest BCUT2D eigenvalue weighted by Gasteiger charge is 2.24. The summed E-state index contributed by atoms with van der Waals surface area (Å²) in [7, 11) is 0. The quantitative estimate of drug-likeness (QED) is 0.174. The van der Waals surface area contributed by atoms with E-state index in [1.807, 2.05) is 29.5 Å². The highest BCUT2D eigenvalue weighted by molar-refractivity contribution is 7.25. The second-order valence-corrected chi connectivity index (χ2v) is 17.0. The molecule has 0 spiro atoms. The molecule has 10 aromatic carbocycles. The molecule has 0 bridgehead atoms. The van der Waals surface area contributed by atoms with Gasteiger partial charge in [-0.3, -0.25) is 0 Å². The Bertz CT molecular complexity index is 3920. The molecule has 0 aliphatic heterocycles. The molecule has 0 unspecified atom stereocenters. The van der Waals surface area contributed by atoms with Crippen LogP contribution in [-0.2, 0) is 0 Å². The first-order valence-corrected chi connectivity index (χ1v) is 21.7. The molecule has 0 atom stereocenters. The summed E-state index contributed by atoms with van der Waals surface area (Å²) < 4.78 is 5.02. The second-order valence-electron chi connectivity index (χ2n) is 15.9. The van der Waals surface area contributed by atoms with Crippen molar-refractivity contribution in [1.29, 1.82) is 0 Å². The number of thiophene rings is 1. The lowest BCUT2D eigenvalue weighted by molar-refractivity contribution is 1.08. The number of benzene rings is 10. The molecule has 3 aromatic heterocycles. The van der Waals surface area contributed by atoms with E-state index < -0.39 is 0 Å². The summed E-state index contributed by atoms with van der Waals surface area (Å²) in [5.74, 6) is 1.90. The maximum Gasteiger partial charge on any atom is 0.164 e. The molecule has 0 saturated heterocycles. The number of rotatable bonds is 5. The third-order valence-electron chi connectivity index (χ3n) is 12.4. The van der Waals surface area contributed by atoms with E-state index >= 15 is 0 Å². The van der Waals surface area contributed by atoms with Crippen LogP contribution in [0.3, 0.4) is 0 Å². The van der Waals surface area contributed by atoms with Gasteiger partial charge in [0.1, 0.15) is 0 Å². The van der Waals surface area contributed by atoms with Crippen LogP contribution in [0.5, 0.6) is 0 Å². The van der Waals surface area contributed by atoms with Crippen molar-refractivity contribution in [2.24, 2.45) is 0 Å². The fourth-order valence-corrected chi connectivity index (χ4v) is 10.6. The maximum atomic E-state index is 5.39. The maximum absolute atomic E-state index is 5.39. The van der Waals surface area contributed by atoms with E-state index in [4.69, 9.17) is 15.0 Å². The molecule has 3 heterocycles. The summed E-state index contributed by atoms with van der Waals surface area (Å²) >= 11 is 1.81. The van der Waals surface area contributed by atoms with E-state index in [9.17, 15) is 0 Å². The summed E-state index contributed by atoms with van der Waals surface area (Å²) in [6, 6.07) is 74.1. The normalized spacial score (nSPS) is 11.9. The number of hydrogen-bond acceptors (Lipinski definition) is 4. The lowest BCUT2D eigenvalue weighted by atomic mass is 9.93. The zero-order valence-corrected chi connectivity index (χ0v) is 34.1. The summed E-state index contributed by atoms with van der Waals surface area (Å²) in [6.07, 6.45) is 0. The Morgan fingerprint density at radius 1 is 0.323 bits per heavy atom. The molecular weight excluding hydrogens is 773 g/mol. The monoisotopic (exact) mass is 806 g/mol. The lowest BCUT2D eigenvalue weighted by Gasteiger charge is -2.20. The minimum absolute atomic E-state index is 0.628. The van der Waals surface area contributed by atoms with Crippen LogP contribution in [0.15, 0.2) is 206 Å². The Hall–Kier alpha value is -7.99. The zero-order chi connectivity index (χ0) is 40.7. The van der Waals surface area contributed by atoms with Gasteiger partial charge in [-0.15, -0.1) is 11.3 Å². The third-order valence-corrected chi connectivity index (χ3v) is 13.5. The largest absolute Gasteiger partial charge is 0.308 e. The fourth-order valence-electron chi connectivity index (χ4n) is 9.54. The number of fused-ring (bicyclic) bond motifs is 10. The van der Waals surface area contributed by atoms with Gasteiger partial charge in [0.2, 0.25) is 0 Å². The van der Waals surface area contributed by atoms with Crippen molar-refractivity contribution in [2.75, 3.05) is 0 Å². The first-order valence-electron chi connectivity index (χ1n) is 20.9. The predicted octanol–water partition coefficient (Wildman–Crippen LogP) is 15.5. The Balaban J connectivity index is 1.14. The van der Waals surface area contributed by atoms with Gasteiger partial charge in [0.05, 0.1) is 16.7 Å². The van der Waals surface area contributed by atoms with Crippen molar-refractivity contribution in [1.82, 2.24) is 19.5 Å². The molecule has 13 aromatic rings. The average Bonchev–Trinajstić information content (AvgIpc) is 3.88. The average molecular weight is 807 g/mol. The summed E-state index contributed by atoms with van der Waals surface area (Å²) in [4.78, 5) is 15.9. The fraction of sp³-hybridized carbons (Fsp3) is 0. The molecule has 5 heteroatoms. The molecule has 0 amide bonds. The number of nitrogens with zero attached hydrogens (tertiary/aromatic N) is 4. The summed E-state index contributed by atoms with van der Waals surface area (Å²) in [5, 5.41) is 12.0. The van der Waals surface area contributed by atoms with Gasteiger partial charge in [0, 0.05) is 58.6 Å². The molecule has 288 valence electrons. The minimum atomic E-state index is 0.628. The van der Waals surface area contributed by atoms with Crippen molar-refractivity contribution in [3.8, 4) is 51.0 Å². The van der Waals surface area contributed by atoms with E-state index in [-0.39, 0.29) is 0 Å².